The minimum absolute atomic E-state index is 0.198. The maximum absolute atomic E-state index is 11.1. The van der Waals surface area contributed by atoms with Crippen molar-refractivity contribution in [2.45, 2.75) is 33.4 Å². The number of nitrogens with zero attached hydrogens (tertiary/aromatic N) is 1. The van der Waals surface area contributed by atoms with Crippen molar-refractivity contribution in [2.24, 2.45) is 0 Å². The first-order chi connectivity index (χ1) is 7.77. The zero-order valence-corrected chi connectivity index (χ0v) is 10.0. The van der Waals surface area contributed by atoms with Gasteiger partial charge in [0.2, 0.25) is 0 Å². The Morgan fingerprint density at radius 2 is 2.31 bits per heavy atom. The maximum atomic E-state index is 11.1. The highest BCUT2D eigenvalue weighted by atomic mass is 16.5. The summed E-state index contributed by atoms with van der Waals surface area (Å²) in [4.78, 5) is 11.1. The van der Waals surface area contributed by atoms with Crippen LogP contribution in [0.4, 0.5) is 0 Å². The molecule has 0 aromatic carbocycles. The second kappa shape index (κ2) is 7.06. The molecule has 0 saturated heterocycles. The molecule has 4 nitrogen and oxygen atoms in total. The lowest BCUT2D eigenvalue weighted by molar-refractivity contribution is -0.142. The molecule has 0 radical (unpaired) electrons. The van der Waals surface area contributed by atoms with E-state index in [-0.39, 0.29) is 12.5 Å². The first-order valence-corrected chi connectivity index (χ1v) is 5.78. The number of nitrogens with one attached hydrogen (secondary N) is 1. The molecule has 0 fully saturated rings. The van der Waals surface area contributed by atoms with Crippen molar-refractivity contribution in [3.63, 3.8) is 0 Å². The van der Waals surface area contributed by atoms with E-state index in [2.05, 4.69) is 29.1 Å². The molecule has 0 aliphatic rings. The molecule has 0 aliphatic heterocycles. The van der Waals surface area contributed by atoms with Crippen molar-refractivity contribution in [2.75, 3.05) is 13.2 Å². The number of hydrogen-bond acceptors (Lipinski definition) is 3. The van der Waals surface area contributed by atoms with Gasteiger partial charge in [0.15, 0.2) is 0 Å². The average Bonchev–Trinajstić information content (AvgIpc) is 2.67. The number of carbonyl (C=O) groups is 1. The van der Waals surface area contributed by atoms with E-state index in [0.717, 1.165) is 13.0 Å². The van der Waals surface area contributed by atoms with Crippen LogP contribution < -0.4 is 5.32 Å². The average molecular weight is 224 g/mol. The number of carbonyl (C=O) groups excluding carboxylic acids is 1. The van der Waals surface area contributed by atoms with Crippen LogP contribution >= 0.6 is 0 Å². The highest BCUT2D eigenvalue weighted by Crippen LogP contribution is 2.02. The molecule has 1 heterocycles. The van der Waals surface area contributed by atoms with Gasteiger partial charge < -0.3 is 14.6 Å². The lowest BCUT2D eigenvalue weighted by Gasteiger charge is -2.08. The Labute approximate surface area is 96.6 Å². The number of aromatic nitrogens is 1. The van der Waals surface area contributed by atoms with E-state index in [4.69, 9.17) is 4.74 Å². The number of ether oxygens (including phenoxy) is 1. The third-order valence-electron chi connectivity index (χ3n) is 2.27. The minimum atomic E-state index is -0.198. The van der Waals surface area contributed by atoms with Crippen LogP contribution in [0.25, 0.3) is 0 Å². The highest BCUT2D eigenvalue weighted by Gasteiger charge is 2.03. The molecule has 16 heavy (non-hydrogen) atoms. The Hall–Kier alpha value is -1.29. The van der Waals surface area contributed by atoms with E-state index in [1.165, 1.54) is 5.69 Å². The topological polar surface area (TPSA) is 43.3 Å². The third kappa shape index (κ3) is 4.06. The van der Waals surface area contributed by atoms with Crippen LogP contribution in [0, 0.1) is 0 Å². The van der Waals surface area contributed by atoms with Gasteiger partial charge in [-0.15, -0.1) is 0 Å². The standard InChI is InChI=1S/C12H20N2O2/c1-3-7-14-8-5-6-11(14)9-13-10-12(15)16-4-2/h5-6,8,13H,3-4,7,9-10H2,1-2H3. The second-order valence-corrected chi connectivity index (χ2v) is 3.60. The van der Waals surface area contributed by atoms with E-state index >= 15 is 0 Å². The molecule has 0 bridgehead atoms. The van der Waals surface area contributed by atoms with Crippen molar-refractivity contribution >= 4 is 5.97 Å². The van der Waals surface area contributed by atoms with Crippen LogP contribution in [0.3, 0.4) is 0 Å². The molecule has 1 rings (SSSR count). The lowest BCUT2D eigenvalue weighted by Crippen LogP contribution is -2.25. The Morgan fingerprint density at radius 3 is 3.00 bits per heavy atom. The van der Waals surface area contributed by atoms with Crippen molar-refractivity contribution in [1.82, 2.24) is 9.88 Å². The van der Waals surface area contributed by atoms with Crippen LogP contribution in [0.2, 0.25) is 0 Å². The summed E-state index contributed by atoms with van der Waals surface area (Å²) in [5.41, 5.74) is 1.20. The van der Waals surface area contributed by atoms with E-state index in [1.54, 1.807) is 0 Å². The van der Waals surface area contributed by atoms with E-state index in [9.17, 15) is 4.79 Å². The summed E-state index contributed by atoms with van der Waals surface area (Å²) in [5.74, 6) is -0.198. The van der Waals surface area contributed by atoms with Gasteiger partial charge in [-0.05, 0) is 25.5 Å². The Bertz CT molecular complexity index is 321. The molecular weight excluding hydrogens is 204 g/mol. The summed E-state index contributed by atoms with van der Waals surface area (Å²) in [6.45, 7) is 6.38. The van der Waals surface area contributed by atoms with Crippen molar-refractivity contribution < 1.29 is 9.53 Å². The fraction of sp³-hybridized carbons (Fsp3) is 0.583. The summed E-state index contributed by atoms with van der Waals surface area (Å²) in [6.07, 6.45) is 3.17. The molecule has 0 spiro atoms. The van der Waals surface area contributed by atoms with Crippen LogP contribution in [-0.4, -0.2) is 23.7 Å². The molecule has 0 amide bonds. The zero-order valence-electron chi connectivity index (χ0n) is 10.0. The molecule has 1 aromatic heterocycles. The molecule has 1 N–H and O–H groups in total. The molecule has 0 atom stereocenters. The lowest BCUT2D eigenvalue weighted by atomic mass is 10.4. The SMILES string of the molecule is CCCn1cccc1CNCC(=O)OCC. The summed E-state index contributed by atoms with van der Waals surface area (Å²) in [6, 6.07) is 4.09. The smallest absolute Gasteiger partial charge is 0.319 e. The third-order valence-corrected chi connectivity index (χ3v) is 2.27. The Balaban J connectivity index is 2.31. The van der Waals surface area contributed by atoms with Crippen LogP contribution in [0.5, 0.6) is 0 Å². The Morgan fingerprint density at radius 1 is 1.50 bits per heavy atom. The highest BCUT2D eigenvalue weighted by molar-refractivity contribution is 5.71. The van der Waals surface area contributed by atoms with E-state index in [1.807, 2.05) is 13.0 Å². The van der Waals surface area contributed by atoms with E-state index < -0.39 is 0 Å². The fourth-order valence-corrected chi connectivity index (χ4v) is 1.57. The summed E-state index contributed by atoms with van der Waals surface area (Å²) < 4.78 is 7.02. The van der Waals surface area contributed by atoms with Gasteiger partial charge in [0.05, 0.1) is 13.2 Å². The Kier molecular flexibility index (Phi) is 5.64. The second-order valence-electron chi connectivity index (χ2n) is 3.60. The minimum Gasteiger partial charge on any atom is -0.465 e. The molecular formula is C12H20N2O2. The molecule has 0 unspecified atom stereocenters. The van der Waals surface area contributed by atoms with Gasteiger partial charge in [0, 0.05) is 25.0 Å². The molecule has 0 saturated carbocycles. The van der Waals surface area contributed by atoms with Gasteiger partial charge in [0.1, 0.15) is 0 Å². The maximum Gasteiger partial charge on any atom is 0.319 e. The van der Waals surface area contributed by atoms with Crippen LogP contribution in [0.15, 0.2) is 18.3 Å². The fourth-order valence-electron chi connectivity index (χ4n) is 1.57. The van der Waals surface area contributed by atoms with Gasteiger partial charge in [0.25, 0.3) is 0 Å². The quantitative estimate of drug-likeness (QED) is 0.715. The normalized spacial score (nSPS) is 10.4. The monoisotopic (exact) mass is 224 g/mol. The van der Waals surface area contributed by atoms with E-state index in [0.29, 0.717) is 13.2 Å². The number of esters is 1. The largest absolute Gasteiger partial charge is 0.465 e. The van der Waals surface area contributed by atoms with Crippen LogP contribution in [-0.2, 0) is 22.6 Å². The summed E-state index contributed by atoms with van der Waals surface area (Å²) in [5, 5.41) is 3.08. The van der Waals surface area contributed by atoms with Crippen molar-refractivity contribution in [3.8, 4) is 0 Å². The number of hydrogen-bond donors (Lipinski definition) is 1. The summed E-state index contributed by atoms with van der Waals surface area (Å²) in [7, 11) is 0. The van der Waals surface area contributed by atoms with Gasteiger partial charge in [-0.3, -0.25) is 4.79 Å². The number of rotatable bonds is 7. The molecule has 4 heteroatoms. The van der Waals surface area contributed by atoms with Gasteiger partial charge in [-0.25, -0.2) is 0 Å². The number of aryl methyl sites for hydroxylation is 1. The first-order valence-electron chi connectivity index (χ1n) is 5.78. The van der Waals surface area contributed by atoms with Gasteiger partial charge in [-0.2, -0.15) is 0 Å². The summed E-state index contributed by atoms with van der Waals surface area (Å²) >= 11 is 0. The van der Waals surface area contributed by atoms with Gasteiger partial charge >= 0.3 is 5.97 Å². The zero-order chi connectivity index (χ0) is 11.8. The molecule has 90 valence electrons. The predicted octanol–water partition coefficient (Wildman–Crippen LogP) is 1.55. The molecule has 1 aromatic rings. The van der Waals surface area contributed by atoms with Gasteiger partial charge in [-0.1, -0.05) is 6.92 Å². The van der Waals surface area contributed by atoms with Crippen molar-refractivity contribution in [3.05, 3.63) is 24.0 Å². The predicted molar refractivity (Wildman–Crippen MR) is 63.1 cm³/mol. The van der Waals surface area contributed by atoms with Crippen molar-refractivity contribution in [1.29, 1.82) is 0 Å². The molecule has 0 aliphatic carbocycles. The first kappa shape index (κ1) is 12.8. The van der Waals surface area contributed by atoms with Crippen LogP contribution in [0.1, 0.15) is 26.0 Å².